The van der Waals surface area contributed by atoms with Gasteiger partial charge in [0.1, 0.15) is 13.2 Å². The molecule has 25 heavy (non-hydrogen) atoms. The summed E-state index contributed by atoms with van der Waals surface area (Å²) in [5.41, 5.74) is 3.14. The Kier molecular flexibility index (Phi) is 4.35. The number of rotatable bonds is 3. The number of fused-ring (bicyclic) bond motifs is 1. The first-order valence-corrected chi connectivity index (χ1v) is 9.05. The number of hydrogen-bond acceptors (Lipinski definition) is 3. The third-order valence-electron chi connectivity index (χ3n) is 5.07. The number of ether oxygens (including phenoxy) is 2. The Morgan fingerprint density at radius 3 is 2.60 bits per heavy atom. The summed E-state index contributed by atoms with van der Waals surface area (Å²) in [4.78, 5) is 15.0. The summed E-state index contributed by atoms with van der Waals surface area (Å²) in [6.07, 6.45) is 2.99. The largest absolute Gasteiger partial charge is 0.486 e. The molecule has 0 aliphatic carbocycles. The number of benzene rings is 2. The lowest BCUT2D eigenvalue weighted by Gasteiger charge is -2.27. The van der Waals surface area contributed by atoms with Gasteiger partial charge in [0.15, 0.2) is 11.5 Å². The molecule has 0 saturated carbocycles. The van der Waals surface area contributed by atoms with E-state index in [2.05, 4.69) is 13.0 Å². The van der Waals surface area contributed by atoms with E-state index in [9.17, 15) is 4.79 Å². The molecule has 0 bridgehead atoms. The van der Waals surface area contributed by atoms with Crippen LogP contribution in [0, 0.1) is 0 Å². The summed E-state index contributed by atoms with van der Waals surface area (Å²) in [6.45, 7) is 4.09. The molecule has 2 aromatic carbocycles. The van der Waals surface area contributed by atoms with Crippen molar-refractivity contribution in [3.05, 3.63) is 59.2 Å². The third kappa shape index (κ3) is 3.09. The van der Waals surface area contributed by atoms with Crippen molar-refractivity contribution < 1.29 is 14.3 Å². The second-order valence-electron chi connectivity index (χ2n) is 6.61. The molecular weight excluding hydrogens is 314 g/mol. The molecule has 4 rings (SSSR count). The van der Waals surface area contributed by atoms with E-state index < -0.39 is 0 Å². The van der Waals surface area contributed by atoms with Gasteiger partial charge in [0.25, 0.3) is 5.91 Å². The highest BCUT2D eigenvalue weighted by Gasteiger charge is 2.31. The van der Waals surface area contributed by atoms with Crippen LogP contribution >= 0.6 is 0 Å². The van der Waals surface area contributed by atoms with Crippen LogP contribution in [0.25, 0.3) is 0 Å². The molecule has 4 heteroatoms. The van der Waals surface area contributed by atoms with Crippen LogP contribution in [0.1, 0.15) is 47.3 Å². The lowest BCUT2D eigenvalue weighted by atomic mass is 10.0. The second kappa shape index (κ2) is 6.79. The van der Waals surface area contributed by atoms with Crippen LogP contribution in [-0.2, 0) is 6.42 Å². The number of hydrogen-bond donors (Lipinski definition) is 0. The van der Waals surface area contributed by atoms with E-state index in [1.165, 1.54) is 5.56 Å². The topological polar surface area (TPSA) is 38.8 Å². The molecule has 2 heterocycles. The van der Waals surface area contributed by atoms with E-state index in [0.717, 1.165) is 48.4 Å². The minimum atomic E-state index is 0.106. The van der Waals surface area contributed by atoms with Crippen LogP contribution in [0.5, 0.6) is 11.5 Å². The lowest BCUT2D eigenvalue weighted by molar-refractivity contribution is 0.0735. The Labute approximate surface area is 148 Å². The summed E-state index contributed by atoms with van der Waals surface area (Å²) >= 11 is 0. The Balaban J connectivity index is 1.58. The molecular formula is C21H23NO3. The molecule has 1 saturated heterocycles. The number of carbonyl (C=O) groups excluding carboxylic acids is 1. The number of likely N-dealkylation sites (tertiary alicyclic amines) is 1. The van der Waals surface area contributed by atoms with Gasteiger partial charge >= 0.3 is 0 Å². The zero-order chi connectivity index (χ0) is 17.2. The van der Waals surface area contributed by atoms with Crippen molar-refractivity contribution in [2.24, 2.45) is 0 Å². The summed E-state index contributed by atoms with van der Waals surface area (Å²) in [5, 5.41) is 0. The maximum atomic E-state index is 13.0. The van der Waals surface area contributed by atoms with Gasteiger partial charge in [0.2, 0.25) is 0 Å². The average Bonchev–Trinajstić information content (AvgIpc) is 3.17. The first-order valence-electron chi connectivity index (χ1n) is 9.05. The molecule has 1 amide bonds. The van der Waals surface area contributed by atoms with Crippen molar-refractivity contribution in [3.8, 4) is 11.5 Å². The van der Waals surface area contributed by atoms with Gasteiger partial charge in [0.05, 0.1) is 6.04 Å². The molecule has 0 spiro atoms. The molecule has 2 aliphatic rings. The number of carbonyl (C=O) groups is 1. The zero-order valence-electron chi connectivity index (χ0n) is 14.5. The average molecular weight is 337 g/mol. The van der Waals surface area contributed by atoms with Crippen molar-refractivity contribution in [1.29, 1.82) is 0 Å². The predicted octanol–water partition coefficient (Wildman–Crippen LogP) is 4.00. The molecule has 4 nitrogen and oxygen atoms in total. The summed E-state index contributed by atoms with van der Waals surface area (Å²) in [5.74, 6) is 1.69. The Morgan fingerprint density at radius 2 is 1.84 bits per heavy atom. The van der Waals surface area contributed by atoms with Gasteiger partial charge < -0.3 is 14.4 Å². The van der Waals surface area contributed by atoms with Crippen LogP contribution in [0.2, 0.25) is 0 Å². The molecule has 0 aromatic heterocycles. The fourth-order valence-corrected chi connectivity index (χ4v) is 3.67. The van der Waals surface area contributed by atoms with Crippen LogP contribution in [0.15, 0.2) is 42.5 Å². The molecule has 2 aliphatic heterocycles. The lowest BCUT2D eigenvalue weighted by Crippen LogP contribution is -2.30. The van der Waals surface area contributed by atoms with Gasteiger partial charge in [-0.15, -0.1) is 0 Å². The van der Waals surface area contributed by atoms with Gasteiger partial charge in [-0.1, -0.05) is 25.1 Å². The van der Waals surface area contributed by atoms with Gasteiger partial charge in [-0.05, 0) is 54.7 Å². The van der Waals surface area contributed by atoms with E-state index in [0.29, 0.717) is 13.2 Å². The highest BCUT2D eigenvalue weighted by molar-refractivity contribution is 5.94. The highest BCUT2D eigenvalue weighted by atomic mass is 16.6. The van der Waals surface area contributed by atoms with Crippen molar-refractivity contribution in [2.45, 2.75) is 32.2 Å². The normalized spacial score (nSPS) is 19.1. The molecule has 1 unspecified atom stereocenters. The zero-order valence-corrected chi connectivity index (χ0v) is 14.5. The van der Waals surface area contributed by atoms with Gasteiger partial charge in [-0.2, -0.15) is 0 Å². The van der Waals surface area contributed by atoms with Crippen molar-refractivity contribution in [3.63, 3.8) is 0 Å². The van der Waals surface area contributed by atoms with Crippen LogP contribution in [0.4, 0.5) is 0 Å². The van der Waals surface area contributed by atoms with Crippen molar-refractivity contribution >= 4 is 5.91 Å². The smallest absolute Gasteiger partial charge is 0.254 e. The summed E-state index contributed by atoms with van der Waals surface area (Å²) < 4.78 is 11.3. The predicted molar refractivity (Wildman–Crippen MR) is 96.3 cm³/mol. The summed E-state index contributed by atoms with van der Waals surface area (Å²) in [7, 11) is 0. The summed E-state index contributed by atoms with van der Waals surface area (Å²) in [6, 6.07) is 14.1. The van der Waals surface area contributed by atoms with E-state index in [1.807, 2.05) is 41.3 Å². The fourth-order valence-electron chi connectivity index (χ4n) is 3.67. The SMILES string of the molecule is CCc1ccc(C(=O)N2CCCC2c2ccc3c(c2)OCCO3)cc1. The van der Waals surface area contributed by atoms with Crippen LogP contribution in [-0.4, -0.2) is 30.6 Å². The van der Waals surface area contributed by atoms with Gasteiger partial charge in [-0.25, -0.2) is 0 Å². The van der Waals surface area contributed by atoms with Gasteiger partial charge in [-0.3, -0.25) is 4.79 Å². The van der Waals surface area contributed by atoms with Crippen molar-refractivity contribution in [2.75, 3.05) is 19.8 Å². The monoisotopic (exact) mass is 337 g/mol. The van der Waals surface area contributed by atoms with E-state index >= 15 is 0 Å². The second-order valence-corrected chi connectivity index (χ2v) is 6.61. The van der Waals surface area contributed by atoms with Gasteiger partial charge in [0, 0.05) is 12.1 Å². The molecule has 0 N–H and O–H groups in total. The first kappa shape index (κ1) is 16.0. The molecule has 130 valence electrons. The Bertz CT molecular complexity index is 769. The van der Waals surface area contributed by atoms with Crippen LogP contribution in [0.3, 0.4) is 0 Å². The number of amides is 1. The molecule has 0 radical (unpaired) electrons. The third-order valence-corrected chi connectivity index (χ3v) is 5.07. The first-order chi connectivity index (χ1) is 12.3. The minimum Gasteiger partial charge on any atom is -0.486 e. The maximum absolute atomic E-state index is 13.0. The van der Waals surface area contributed by atoms with E-state index in [4.69, 9.17) is 9.47 Å². The van der Waals surface area contributed by atoms with Crippen molar-refractivity contribution in [1.82, 2.24) is 4.90 Å². The van der Waals surface area contributed by atoms with E-state index in [1.54, 1.807) is 0 Å². The fraction of sp³-hybridized carbons (Fsp3) is 0.381. The highest BCUT2D eigenvalue weighted by Crippen LogP contribution is 2.38. The molecule has 2 aromatic rings. The number of aryl methyl sites for hydroxylation is 1. The minimum absolute atomic E-state index is 0.106. The van der Waals surface area contributed by atoms with E-state index in [-0.39, 0.29) is 11.9 Å². The molecule has 1 atom stereocenters. The van der Waals surface area contributed by atoms with Crippen LogP contribution < -0.4 is 9.47 Å². The quantitative estimate of drug-likeness (QED) is 0.850. The Hall–Kier alpha value is -2.49. The Morgan fingerprint density at radius 1 is 1.08 bits per heavy atom. The number of nitrogens with zero attached hydrogens (tertiary/aromatic N) is 1. The maximum Gasteiger partial charge on any atom is 0.254 e. The standard InChI is InChI=1S/C21H23NO3/c1-2-15-5-7-16(8-6-15)21(23)22-11-3-4-18(22)17-9-10-19-20(14-17)25-13-12-24-19/h5-10,14,18H,2-4,11-13H2,1H3. The molecule has 1 fully saturated rings.